The molecule has 0 radical (unpaired) electrons. The normalized spacial score (nSPS) is 12.5. The molecule has 8 nitrogen and oxygen atoms in total. The van der Waals surface area contributed by atoms with Gasteiger partial charge in [0.1, 0.15) is 12.4 Å². The summed E-state index contributed by atoms with van der Waals surface area (Å²) in [7, 11) is -7.95. The summed E-state index contributed by atoms with van der Waals surface area (Å²) in [4.78, 5) is 11.7. The SMILES string of the molecule is CC(C)(C)C(=O)NCCOc1ccc(N(S(C)(=O)=O)S(C)(=O)=O)cc1. The number of hydrogen-bond donors (Lipinski definition) is 1. The van der Waals surface area contributed by atoms with Gasteiger partial charge in [-0.2, -0.15) is 3.71 Å². The van der Waals surface area contributed by atoms with E-state index >= 15 is 0 Å². The zero-order valence-electron chi connectivity index (χ0n) is 14.9. The maximum absolute atomic E-state index is 11.7. The zero-order valence-corrected chi connectivity index (χ0v) is 16.6. The van der Waals surface area contributed by atoms with Crippen LogP contribution >= 0.6 is 0 Å². The Hall–Kier alpha value is -1.81. The van der Waals surface area contributed by atoms with Crippen molar-refractivity contribution in [3.05, 3.63) is 24.3 Å². The molecule has 25 heavy (non-hydrogen) atoms. The van der Waals surface area contributed by atoms with Crippen molar-refractivity contribution in [2.24, 2.45) is 5.41 Å². The van der Waals surface area contributed by atoms with Crippen molar-refractivity contribution >= 4 is 31.6 Å². The van der Waals surface area contributed by atoms with Crippen molar-refractivity contribution in [2.45, 2.75) is 20.8 Å². The third-order valence-corrected chi connectivity index (χ3v) is 6.24. The number of nitrogens with zero attached hydrogens (tertiary/aromatic N) is 1. The molecule has 0 atom stereocenters. The fraction of sp³-hybridized carbons (Fsp3) is 0.533. The van der Waals surface area contributed by atoms with Gasteiger partial charge in [-0.15, -0.1) is 0 Å². The Labute approximate surface area is 149 Å². The van der Waals surface area contributed by atoms with Gasteiger partial charge in [-0.3, -0.25) is 4.79 Å². The van der Waals surface area contributed by atoms with Crippen LogP contribution in [0.5, 0.6) is 5.75 Å². The topological polar surface area (TPSA) is 110 Å². The number of carbonyl (C=O) groups excluding carboxylic acids is 1. The highest BCUT2D eigenvalue weighted by atomic mass is 32.3. The van der Waals surface area contributed by atoms with Gasteiger partial charge in [0.2, 0.25) is 26.0 Å². The lowest BCUT2D eigenvalue weighted by molar-refractivity contribution is -0.128. The number of rotatable bonds is 7. The molecule has 0 unspecified atom stereocenters. The molecule has 1 amide bonds. The van der Waals surface area contributed by atoms with Gasteiger partial charge in [0, 0.05) is 5.41 Å². The molecule has 0 bridgehead atoms. The average Bonchev–Trinajstić information content (AvgIpc) is 2.40. The van der Waals surface area contributed by atoms with Crippen LogP contribution < -0.4 is 13.8 Å². The van der Waals surface area contributed by atoms with Gasteiger partial charge >= 0.3 is 0 Å². The molecule has 0 aliphatic rings. The highest BCUT2D eigenvalue weighted by Gasteiger charge is 2.27. The number of sulfonamides is 2. The highest BCUT2D eigenvalue weighted by molar-refractivity contribution is 8.09. The van der Waals surface area contributed by atoms with Crippen molar-refractivity contribution in [1.29, 1.82) is 0 Å². The second kappa shape index (κ2) is 7.61. The smallest absolute Gasteiger partial charge is 0.245 e. The molecule has 10 heteroatoms. The summed E-state index contributed by atoms with van der Waals surface area (Å²) in [6, 6.07) is 5.60. The van der Waals surface area contributed by atoms with Gasteiger partial charge in [-0.1, -0.05) is 20.8 Å². The van der Waals surface area contributed by atoms with E-state index in [0.29, 0.717) is 16.0 Å². The molecule has 0 saturated carbocycles. The van der Waals surface area contributed by atoms with Crippen LogP contribution in [0.1, 0.15) is 20.8 Å². The van der Waals surface area contributed by atoms with E-state index in [4.69, 9.17) is 4.74 Å². The number of carbonyl (C=O) groups is 1. The Morgan fingerprint density at radius 1 is 1.04 bits per heavy atom. The maximum Gasteiger partial charge on any atom is 0.245 e. The summed E-state index contributed by atoms with van der Waals surface area (Å²) in [5.74, 6) is 0.333. The molecule has 142 valence electrons. The Balaban J connectivity index is 2.72. The quantitative estimate of drug-likeness (QED) is 0.692. The second-order valence-corrected chi connectivity index (χ2v) is 10.5. The van der Waals surface area contributed by atoms with Crippen LogP contribution in [-0.2, 0) is 24.8 Å². The Bertz CT molecular complexity index is 777. The fourth-order valence-corrected chi connectivity index (χ4v) is 4.87. The van der Waals surface area contributed by atoms with Crippen LogP contribution in [0.15, 0.2) is 24.3 Å². The first-order valence-electron chi connectivity index (χ1n) is 7.44. The third kappa shape index (κ3) is 6.54. The summed E-state index contributed by atoms with van der Waals surface area (Å²) < 4.78 is 52.6. The van der Waals surface area contributed by atoms with Crippen molar-refractivity contribution in [3.8, 4) is 5.75 Å². The molecule has 1 aromatic rings. The van der Waals surface area contributed by atoms with Crippen molar-refractivity contribution in [3.63, 3.8) is 0 Å². The fourth-order valence-electron chi connectivity index (χ4n) is 1.89. The third-order valence-electron chi connectivity index (χ3n) is 2.99. The van der Waals surface area contributed by atoms with E-state index in [1.165, 1.54) is 24.3 Å². The molecule has 0 saturated heterocycles. The summed E-state index contributed by atoms with van der Waals surface area (Å²) >= 11 is 0. The van der Waals surface area contributed by atoms with Crippen LogP contribution in [0.25, 0.3) is 0 Å². The lowest BCUT2D eigenvalue weighted by atomic mass is 9.96. The minimum Gasteiger partial charge on any atom is -0.492 e. The van der Waals surface area contributed by atoms with Gasteiger partial charge in [0.25, 0.3) is 0 Å². The number of anilines is 1. The molecule has 0 aliphatic heterocycles. The van der Waals surface area contributed by atoms with Crippen LogP contribution in [0.2, 0.25) is 0 Å². The monoisotopic (exact) mass is 392 g/mol. The van der Waals surface area contributed by atoms with Crippen LogP contribution in [0, 0.1) is 5.41 Å². The van der Waals surface area contributed by atoms with E-state index in [0.717, 1.165) is 12.5 Å². The number of ether oxygens (including phenoxy) is 1. The van der Waals surface area contributed by atoms with Gasteiger partial charge < -0.3 is 10.1 Å². The zero-order chi connectivity index (χ0) is 19.5. The molecule has 1 rings (SSSR count). The predicted octanol–water partition coefficient (Wildman–Crippen LogP) is 0.953. The van der Waals surface area contributed by atoms with E-state index < -0.39 is 25.5 Å². The minimum atomic E-state index is -3.98. The molecule has 0 aromatic heterocycles. The molecule has 1 N–H and O–H groups in total. The van der Waals surface area contributed by atoms with E-state index in [-0.39, 0.29) is 18.2 Å². The number of benzene rings is 1. The van der Waals surface area contributed by atoms with Gasteiger partial charge in [0.15, 0.2) is 0 Å². The minimum absolute atomic E-state index is 0.00150. The van der Waals surface area contributed by atoms with E-state index in [1.54, 1.807) is 20.8 Å². The standard InChI is InChI=1S/C15H24N2O6S2/c1-15(2,3)14(18)16-10-11-23-13-8-6-12(7-9-13)17(24(4,19)20)25(5,21)22/h6-9H,10-11H2,1-5H3,(H,16,18). The van der Waals surface area contributed by atoms with Gasteiger partial charge in [-0.25, -0.2) is 16.8 Å². The molecule has 0 heterocycles. The Kier molecular flexibility index (Phi) is 6.46. The van der Waals surface area contributed by atoms with Crippen molar-refractivity contribution < 1.29 is 26.4 Å². The first kappa shape index (κ1) is 21.2. The first-order chi connectivity index (χ1) is 11.2. The van der Waals surface area contributed by atoms with Crippen LogP contribution in [-0.4, -0.2) is 48.4 Å². The van der Waals surface area contributed by atoms with Crippen molar-refractivity contribution in [1.82, 2.24) is 5.32 Å². The number of amides is 1. The van der Waals surface area contributed by atoms with Crippen LogP contribution in [0.4, 0.5) is 5.69 Å². The summed E-state index contributed by atoms with van der Waals surface area (Å²) in [5, 5.41) is 2.73. The molecule has 0 spiro atoms. The summed E-state index contributed by atoms with van der Waals surface area (Å²) in [5.41, 5.74) is -0.485. The van der Waals surface area contributed by atoms with Gasteiger partial charge in [0.05, 0.1) is 24.7 Å². The van der Waals surface area contributed by atoms with E-state index in [9.17, 15) is 21.6 Å². The maximum atomic E-state index is 11.7. The molecule has 0 aliphatic carbocycles. The number of nitrogens with one attached hydrogen (secondary N) is 1. The lowest BCUT2D eigenvalue weighted by Crippen LogP contribution is -2.37. The molecular formula is C15H24N2O6S2. The lowest BCUT2D eigenvalue weighted by Gasteiger charge is -2.20. The highest BCUT2D eigenvalue weighted by Crippen LogP contribution is 2.23. The van der Waals surface area contributed by atoms with E-state index in [1.807, 2.05) is 0 Å². The van der Waals surface area contributed by atoms with E-state index in [2.05, 4.69) is 5.32 Å². The first-order valence-corrected chi connectivity index (χ1v) is 11.1. The Morgan fingerprint density at radius 3 is 1.92 bits per heavy atom. The molecular weight excluding hydrogens is 368 g/mol. The largest absolute Gasteiger partial charge is 0.492 e. The summed E-state index contributed by atoms with van der Waals surface area (Å²) in [6.45, 7) is 5.95. The molecule has 0 fully saturated rings. The molecule has 1 aromatic carbocycles. The summed E-state index contributed by atoms with van der Waals surface area (Å²) in [6.07, 6.45) is 1.63. The van der Waals surface area contributed by atoms with Crippen LogP contribution in [0.3, 0.4) is 0 Å². The second-order valence-electron chi connectivity index (χ2n) is 6.57. The number of hydrogen-bond acceptors (Lipinski definition) is 6. The van der Waals surface area contributed by atoms with Gasteiger partial charge in [-0.05, 0) is 24.3 Å². The average molecular weight is 392 g/mol. The Morgan fingerprint density at radius 2 is 1.52 bits per heavy atom. The predicted molar refractivity (Wildman–Crippen MR) is 96.6 cm³/mol. The van der Waals surface area contributed by atoms with Crippen molar-refractivity contribution in [2.75, 3.05) is 29.4 Å².